The number of aromatic nitrogens is 4. The van der Waals surface area contributed by atoms with Gasteiger partial charge in [0.25, 0.3) is 0 Å². The van der Waals surface area contributed by atoms with E-state index in [1.54, 1.807) is 31.5 Å². The van der Waals surface area contributed by atoms with E-state index in [1.807, 2.05) is 56.5 Å². The predicted molar refractivity (Wildman–Crippen MR) is 268 cm³/mol. The Morgan fingerprint density at radius 3 is 1.21 bits per heavy atom. The third-order valence-electron chi connectivity index (χ3n) is 12.2. The van der Waals surface area contributed by atoms with E-state index in [4.69, 9.17) is 10.2 Å². The fourth-order valence-electron chi connectivity index (χ4n) is 8.21. The first kappa shape index (κ1) is 54.6. The minimum Gasteiger partial charge on any atom is -0.478 e. The zero-order chi connectivity index (χ0) is 47.9. The van der Waals surface area contributed by atoms with Gasteiger partial charge >= 0.3 is 5.97 Å². The Morgan fingerprint density at radius 1 is 0.537 bits per heavy atom. The molecule has 4 aliphatic heterocycles. The van der Waals surface area contributed by atoms with E-state index in [0.717, 1.165) is 92.1 Å². The van der Waals surface area contributed by atoms with Gasteiger partial charge in [-0.2, -0.15) is 0 Å². The van der Waals surface area contributed by atoms with Crippen molar-refractivity contribution in [1.29, 1.82) is 0 Å². The largest absolute Gasteiger partial charge is 0.478 e. The van der Waals surface area contributed by atoms with E-state index in [2.05, 4.69) is 51.7 Å². The van der Waals surface area contributed by atoms with Gasteiger partial charge in [0.2, 0.25) is 0 Å². The molecule has 0 bridgehead atoms. The predicted octanol–water partition coefficient (Wildman–Crippen LogP) is 7.90. The molecule has 4 aromatic rings. The number of aldehydes is 1. The van der Waals surface area contributed by atoms with Gasteiger partial charge in [0.1, 0.15) is 5.78 Å². The van der Waals surface area contributed by atoms with Crippen LogP contribution in [-0.2, 0) is 37.1 Å². The number of allylic oxidation sites excluding steroid dienone is 1. The van der Waals surface area contributed by atoms with Crippen LogP contribution in [0.3, 0.4) is 0 Å². The molecular formula is C54H78N8O5. The van der Waals surface area contributed by atoms with Gasteiger partial charge in [-0.3, -0.25) is 29.5 Å². The molecule has 8 rings (SSSR count). The topological polar surface area (TPSA) is 156 Å². The molecule has 2 N–H and O–H groups in total. The molecule has 8 heterocycles. The van der Waals surface area contributed by atoms with Crippen LogP contribution < -0.4 is 0 Å². The average Bonchev–Trinajstić information content (AvgIpc) is 4.24. The van der Waals surface area contributed by atoms with Gasteiger partial charge < -0.3 is 29.8 Å². The lowest BCUT2D eigenvalue weighted by Gasteiger charge is -2.13. The summed E-state index contributed by atoms with van der Waals surface area (Å²) >= 11 is 0. The number of carbonyl (C=O) groups is 3. The van der Waals surface area contributed by atoms with Gasteiger partial charge in [-0.25, -0.2) is 4.79 Å². The number of aliphatic hydroxyl groups excluding tert-OH is 1. The molecule has 67 heavy (non-hydrogen) atoms. The summed E-state index contributed by atoms with van der Waals surface area (Å²) in [5.74, 6) is -0.731. The first-order chi connectivity index (χ1) is 32.8. The number of carbonyl (C=O) groups excluding carboxylic acids is 2. The number of hydrogen-bond donors (Lipinski definition) is 2. The van der Waals surface area contributed by atoms with Crippen LogP contribution in [0.15, 0.2) is 79.4 Å². The molecule has 364 valence electrons. The van der Waals surface area contributed by atoms with E-state index < -0.39 is 5.97 Å². The summed E-state index contributed by atoms with van der Waals surface area (Å²) in [6.45, 7) is 19.8. The highest BCUT2D eigenvalue weighted by Crippen LogP contribution is 2.13. The Morgan fingerprint density at radius 2 is 0.910 bits per heavy atom. The Bertz CT molecular complexity index is 1970. The average molecular weight is 919 g/mol. The summed E-state index contributed by atoms with van der Waals surface area (Å²) < 4.78 is 0. The molecule has 13 heteroatoms. The van der Waals surface area contributed by atoms with Crippen LogP contribution in [0.5, 0.6) is 0 Å². The number of carboxylic acids is 1. The van der Waals surface area contributed by atoms with E-state index >= 15 is 0 Å². The van der Waals surface area contributed by atoms with Crippen molar-refractivity contribution in [3.8, 4) is 0 Å². The van der Waals surface area contributed by atoms with Crippen LogP contribution in [0, 0.1) is 0 Å². The second-order valence-corrected chi connectivity index (χ2v) is 17.4. The summed E-state index contributed by atoms with van der Waals surface area (Å²) in [5, 5.41) is 17.6. The highest BCUT2D eigenvalue weighted by molar-refractivity contribution is 5.87. The van der Waals surface area contributed by atoms with Crippen molar-refractivity contribution in [3.63, 3.8) is 0 Å². The monoisotopic (exact) mass is 919 g/mol. The third kappa shape index (κ3) is 22.5. The van der Waals surface area contributed by atoms with Crippen LogP contribution in [0.1, 0.15) is 133 Å². The molecule has 0 amide bonds. The molecule has 4 aliphatic rings. The molecule has 0 aromatic carbocycles. The van der Waals surface area contributed by atoms with Crippen molar-refractivity contribution in [2.24, 2.45) is 0 Å². The number of rotatable bonds is 18. The maximum atomic E-state index is 10.8. The lowest BCUT2D eigenvalue weighted by atomic mass is 10.2. The number of pyridine rings is 4. The Labute approximate surface area is 400 Å². The van der Waals surface area contributed by atoms with E-state index in [-0.39, 0.29) is 18.0 Å². The van der Waals surface area contributed by atoms with Crippen molar-refractivity contribution >= 4 is 24.1 Å². The highest BCUT2D eigenvalue weighted by atomic mass is 16.4. The maximum absolute atomic E-state index is 10.8. The normalized spacial score (nSPS) is 16.2. The zero-order valence-electron chi connectivity index (χ0n) is 40.7. The van der Waals surface area contributed by atoms with Crippen molar-refractivity contribution < 1.29 is 24.6 Å². The minimum absolute atomic E-state index is 0.0827. The van der Waals surface area contributed by atoms with Gasteiger partial charge in [-0.1, -0.05) is 38.1 Å². The summed E-state index contributed by atoms with van der Waals surface area (Å²) in [6, 6.07) is 15.3. The lowest BCUT2D eigenvalue weighted by Crippen LogP contribution is -2.22. The summed E-state index contributed by atoms with van der Waals surface area (Å²) in [5.41, 5.74) is 7.18. The molecular weight excluding hydrogens is 841 g/mol. The molecule has 4 saturated heterocycles. The molecule has 4 fully saturated rings. The molecule has 4 aromatic heterocycles. The summed E-state index contributed by atoms with van der Waals surface area (Å²) in [4.78, 5) is 59.0. The number of Topliss-reactive ketones (excluding diaryl/α,β-unsaturated/α-hetero) is 1. The number of aliphatic hydroxyl groups is 1. The number of likely N-dealkylation sites (tertiary alicyclic amines) is 4. The summed E-state index contributed by atoms with van der Waals surface area (Å²) in [7, 11) is 0. The van der Waals surface area contributed by atoms with Crippen LogP contribution in [0.4, 0.5) is 0 Å². The van der Waals surface area contributed by atoms with E-state index in [9.17, 15) is 14.4 Å². The number of carboxylic acid groups (broad SMARTS) is 1. The van der Waals surface area contributed by atoms with Gasteiger partial charge in [0.15, 0.2) is 6.29 Å². The Balaban J connectivity index is 0.000000193. The molecule has 0 aliphatic carbocycles. The van der Waals surface area contributed by atoms with E-state index in [1.165, 1.54) is 110 Å². The molecule has 0 spiro atoms. The van der Waals surface area contributed by atoms with Crippen LogP contribution in [0.2, 0.25) is 0 Å². The Kier molecular flexibility index (Phi) is 26.6. The molecule has 0 radical (unpaired) electrons. The standard InChI is InChI=1S/C16H22N2O.C12H16N2O2.C12H18N2O.C12H16N2O.C2H6/c1-14(19)5-4-6-15-7-8-16(17-13-15)9-12-18-10-2-3-11-18;15-12(16)10-3-4-11(13-9-10)5-8-14-6-1-2-7-14;2*15-10-11-3-4-12(13-9-11)5-8-14-6-1-2-7-14;1-2/h4,6-8,13H,2-3,5,9-12H2,1H3;3-4,9H,1-2,5-8H2,(H,15,16);3-4,9,15H,1-2,5-8,10H2;3-4,9-10H,1-2,5-8H2;1-2H3/b6-4+;;;;. The minimum atomic E-state index is -0.918. The van der Waals surface area contributed by atoms with Crippen LogP contribution in [-0.4, -0.2) is 146 Å². The highest BCUT2D eigenvalue weighted by Gasteiger charge is 2.14. The smallest absolute Gasteiger partial charge is 0.337 e. The van der Waals surface area contributed by atoms with Crippen LogP contribution >= 0.6 is 0 Å². The van der Waals surface area contributed by atoms with Crippen LogP contribution in [0.25, 0.3) is 6.08 Å². The van der Waals surface area contributed by atoms with Crippen molar-refractivity contribution in [2.75, 3.05) is 78.5 Å². The number of aromatic carboxylic acids is 1. The molecule has 0 saturated carbocycles. The number of hydrogen-bond acceptors (Lipinski definition) is 12. The zero-order valence-corrected chi connectivity index (χ0v) is 40.7. The second-order valence-electron chi connectivity index (χ2n) is 17.4. The SMILES string of the molecule is CC.CC(=O)C/C=C/c1ccc(CCN2CCCC2)nc1.O=C(O)c1ccc(CCN2CCCC2)nc1.O=Cc1ccc(CCN2CCCC2)nc1.OCc1ccc(CCN2CCCC2)nc1. The summed E-state index contributed by atoms with van der Waals surface area (Å²) in [6.07, 6.45) is 26.5. The Hall–Kier alpha value is -5.05. The molecule has 13 nitrogen and oxygen atoms in total. The number of ketones is 1. The van der Waals surface area contributed by atoms with E-state index in [0.29, 0.717) is 12.0 Å². The van der Waals surface area contributed by atoms with Gasteiger partial charge in [-0.05, 0) is 158 Å². The van der Waals surface area contributed by atoms with Crippen molar-refractivity contribution in [1.82, 2.24) is 39.5 Å². The quantitative estimate of drug-likeness (QED) is 0.0930. The van der Waals surface area contributed by atoms with Gasteiger partial charge in [-0.15, -0.1) is 0 Å². The first-order valence-electron chi connectivity index (χ1n) is 24.9. The molecule has 0 unspecified atom stereocenters. The van der Waals surface area contributed by atoms with Crippen molar-refractivity contribution in [3.05, 3.63) is 124 Å². The molecule has 0 atom stereocenters. The fourth-order valence-corrected chi connectivity index (χ4v) is 8.21. The van der Waals surface area contributed by atoms with Gasteiger partial charge in [0.05, 0.1) is 12.2 Å². The van der Waals surface area contributed by atoms with Gasteiger partial charge in [0, 0.05) is 111 Å². The maximum Gasteiger partial charge on any atom is 0.337 e. The third-order valence-corrected chi connectivity index (χ3v) is 12.2. The fraction of sp³-hybridized carbons (Fsp3) is 0.537. The second kappa shape index (κ2) is 32.6. The number of nitrogens with zero attached hydrogens (tertiary/aromatic N) is 8. The lowest BCUT2D eigenvalue weighted by molar-refractivity contribution is -0.116. The van der Waals surface area contributed by atoms with Crippen molar-refractivity contribution in [2.45, 2.75) is 111 Å². The first-order valence-corrected chi connectivity index (χ1v) is 24.9.